The summed E-state index contributed by atoms with van der Waals surface area (Å²) in [6, 6.07) is 17.7. The number of hydrogen-bond acceptors (Lipinski definition) is 2. The van der Waals surface area contributed by atoms with E-state index in [9.17, 15) is 9.00 Å². The van der Waals surface area contributed by atoms with Gasteiger partial charge in [-0.15, -0.1) is 0 Å². The lowest BCUT2D eigenvalue weighted by molar-refractivity contribution is -0.136. The lowest BCUT2D eigenvalue weighted by Crippen LogP contribution is -2.25. The molecule has 0 heterocycles. The highest BCUT2D eigenvalue weighted by Crippen LogP contribution is 2.20. The van der Waals surface area contributed by atoms with Crippen LogP contribution < -0.4 is 0 Å². The first-order valence-electron chi connectivity index (χ1n) is 6.55. The first-order valence-corrected chi connectivity index (χ1v) is 7.72. The molecule has 0 fully saturated rings. The monoisotopic (exact) mass is 304 g/mol. The van der Waals surface area contributed by atoms with E-state index in [1.54, 1.807) is 0 Å². The van der Waals surface area contributed by atoms with Crippen molar-refractivity contribution in [3.8, 4) is 11.1 Å². The minimum atomic E-state index is -2.34. The maximum Gasteiger partial charge on any atom is 0.321 e. The Morgan fingerprint density at radius 1 is 1.00 bits per heavy atom. The molecule has 0 aliphatic heterocycles. The van der Waals surface area contributed by atoms with Gasteiger partial charge >= 0.3 is 5.97 Å². The van der Waals surface area contributed by atoms with E-state index in [0.29, 0.717) is 6.42 Å². The molecule has 2 N–H and O–H groups in total. The third-order valence-electron chi connectivity index (χ3n) is 3.28. The van der Waals surface area contributed by atoms with Crippen LogP contribution in [0.3, 0.4) is 0 Å². The molecular formula is C16H16O4S. The number of carboxylic acids is 1. The first kappa shape index (κ1) is 15.4. The molecule has 2 aromatic carbocycles. The van der Waals surface area contributed by atoms with Gasteiger partial charge in [-0.3, -0.25) is 4.79 Å². The van der Waals surface area contributed by atoms with E-state index in [0.717, 1.165) is 16.7 Å². The summed E-state index contributed by atoms with van der Waals surface area (Å²) in [5, 5.41) is 7.62. The van der Waals surface area contributed by atoms with E-state index in [4.69, 9.17) is 9.66 Å². The standard InChI is InChI=1S/C16H16O4S/c17-16(18)15(21(19)20)11-8-12-6-9-14(10-7-12)13-4-2-1-3-5-13/h1-7,9-10,15H,8,11H2,(H,17,18)(H,19,20). The Hall–Kier alpha value is -1.98. The van der Waals surface area contributed by atoms with Gasteiger partial charge in [0.15, 0.2) is 16.3 Å². The molecule has 5 heteroatoms. The highest BCUT2D eigenvalue weighted by atomic mass is 32.2. The van der Waals surface area contributed by atoms with Crippen molar-refractivity contribution in [2.24, 2.45) is 0 Å². The molecule has 2 atom stereocenters. The van der Waals surface area contributed by atoms with Crippen molar-refractivity contribution in [1.29, 1.82) is 0 Å². The fourth-order valence-electron chi connectivity index (χ4n) is 2.10. The molecule has 4 nitrogen and oxygen atoms in total. The zero-order chi connectivity index (χ0) is 15.2. The Labute approximate surface area is 125 Å². The Bertz CT molecular complexity index is 608. The predicted molar refractivity (Wildman–Crippen MR) is 82.4 cm³/mol. The van der Waals surface area contributed by atoms with Gasteiger partial charge in [0.05, 0.1) is 0 Å². The second kappa shape index (κ2) is 7.15. The van der Waals surface area contributed by atoms with Crippen molar-refractivity contribution < 1.29 is 18.7 Å². The molecule has 0 saturated heterocycles. The van der Waals surface area contributed by atoms with Crippen molar-refractivity contribution >= 4 is 17.0 Å². The van der Waals surface area contributed by atoms with E-state index in [2.05, 4.69) is 0 Å². The van der Waals surface area contributed by atoms with Crippen molar-refractivity contribution in [3.63, 3.8) is 0 Å². The van der Waals surface area contributed by atoms with Crippen LogP contribution in [0.15, 0.2) is 54.6 Å². The fourth-order valence-corrected chi connectivity index (χ4v) is 2.59. The quantitative estimate of drug-likeness (QED) is 0.805. The second-order valence-electron chi connectivity index (χ2n) is 4.70. The number of aliphatic carboxylic acids is 1. The number of aryl methyl sites for hydroxylation is 1. The van der Waals surface area contributed by atoms with Gasteiger partial charge in [0, 0.05) is 0 Å². The van der Waals surface area contributed by atoms with Gasteiger partial charge in [0.2, 0.25) is 0 Å². The Kier molecular flexibility index (Phi) is 5.25. The van der Waals surface area contributed by atoms with Gasteiger partial charge < -0.3 is 9.66 Å². The molecule has 2 rings (SSSR count). The van der Waals surface area contributed by atoms with Crippen LogP contribution in [-0.4, -0.2) is 25.1 Å². The molecule has 0 aliphatic carbocycles. The molecule has 0 radical (unpaired) electrons. The Morgan fingerprint density at radius 2 is 1.57 bits per heavy atom. The summed E-state index contributed by atoms with van der Waals surface area (Å²) in [7, 11) is 0. The van der Waals surface area contributed by atoms with E-state index < -0.39 is 22.3 Å². The summed E-state index contributed by atoms with van der Waals surface area (Å²) in [5.41, 5.74) is 3.15. The lowest BCUT2D eigenvalue weighted by atomic mass is 10.0. The van der Waals surface area contributed by atoms with Crippen molar-refractivity contribution in [2.75, 3.05) is 0 Å². The van der Waals surface area contributed by atoms with Crippen LogP contribution in [0.4, 0.5) is 0 Å². The molecular weight excluding hydrogens is 288 g/mol. The van der Waals surface area contributed by atoms with Crippen molar-refractivity contribution in [2.45, 2.75) is 18.1 Å². The lowest BCUT2D eigenvalue weighted by Gasteiger charge is -2.08. The zero-order valence-electron chi connectivity index (χ0n) is 11.3. The minimum Gasteiger partial charge on any atom is -0.480 e. The van der Waals surface area contributed by atoms with Crippen molar-refractivity contribution in [3.05, 3.63) is 60.2 Å². The predicted octanol–water partition coefficient (Wildman–Crippen LogP) is 2.96. The average molecular weight is 304 g/mol. The molecule has 110 valence electrons. The second-order valence-corrected chi connectivity index (χ2v) is 5.83. The zero-order valence-corrected chi connectivity index (χ0v) is 12.1. The van der Waals surface area contributed by atoms with Crippen LogP contribution in [-0.2, 0) is 22.3 Å². The topological polar surface area (TPSA) is 74.6 Å². The molecule has 21 heavy (non-hydrogen) atoms. The van der Waals surface area contributed by atoms with E-state index in [1.165, 1.54) is 0 Å². The molecule has 0 aliphatic rings. The van der Waals surface area contributed by atoms with Crippen LogP contribution in [0.25, 0.3) is 11.1 Å². The van der Waals surface area contributed by atoms with Crippen LogP contribution in [0, 0.1) is 0 Å². The molecule has 2 unspecified atom stereocenters. The maximum atomic E-state index is 10.9. The van der Waals surface area contributed by atoms with Gasteiger partial charge in [-0.25, -0.2) is 4.21 Å². The van der Waals surface area contributed by atoms with Gasteiger partial charge in [0.25, 0.3) is 0 Å². The fraction of sp³-hybridized carbons (Fsp3) is 0.188. The number of benzene rings is 2. The number of hydrogen-bond donors (Lipinski definition) is 2. The molecule has 2 aromatic rings. The van der Waals surface area contributed by atoms with Crippen LogP contribution in [0.5, 0.6) is 0 Å². The molecule has 0 bridgehead atoms. The molecule has 0 amide bonds. The summed E-state index contributed by atoms with van der Waals surface area (Å²) in [5.74, 6) is -1.24. The van der Waals surface area contributed by atoms with E-state index in [1.807, 2.05) is 54.6 Å². The van der Waals surface area contributed by atoms with Crippen molar-refractivity contribution in [1.82, 2.24) is 0 Å². The van der Waals surface area contributed by atoms with Crippen LogP contribution in [0.1, 0.15) is 12.0 Å². The third-order valence-corrected chi connectivity index (χ3v) is 4.20. The number of carbonyl (C=O) groups is 1. The van der Waals surface area contributed by atoms with Gasteiger partial charge in [-0.1, -0.05) is 54.6 Å². The number of rotatable bonds is 6. The van der Waals surface area contributed by atoms with Gasteiger partial charge in [-0.2, -0.15) is 0 Å². The maximum absolute atomic E-state index is 10.9. The van der Waals surface area contributed by atoms with Gasteiger partial charge in [-0.05, 0) is 29.5 Å². The molecule has 0 aromatic heterocycles. The summed E-state index contributed by atoms with van der Waals surface area (Å²) in [6.45, 7) is 0. The summed E-state index contributed by atoms with van der Waals surface area (Å²) in [6.07, 6.45) is 0.599. The summed E-state index contributed by atoms with van der Waals surface area (Å²) < 4.78 is 19.9. The average Bonchev–Trinajstić information content (AvgIpc) is 2.48. The SMILES string of the molecule is O=C(O)C(CCc1ccc(-c2ccccc2)cc1)S(=O)O. The van der Waals surface area contributed by atoms with E-state index in [-0.39, 0.29) is 6.42 Å². The Morgan fingerprint density at radius 3 is 2.10 bits per heavy atom. The first-order chi connectivity index (χ1) is 10.1. The van der Waals surface area contributed by atoms with Crippen LogP contribution >= 0.6 is 0 Å². The largest absolute Gasteiger partial charge is 0.480 e. The summed E-state index contributed by atoms with van der Waals surface area (Å²) >= 11 is -2.34. The smallest absolute Gasteiger partial charge is 0.321 e. The Balaban J connectivity index is 2.03. The highest BCUT2D eigenvalue weighted by molar-refractivity contribution is 7.80. The number of carboxylic acid groups (broad SMARTS) is 1. The molecule has 0 saturated carbocycles. The van der Waals surface area contributed by atoms with Gasteiger partial charge in [0.1, 0.15) is 0 Å². The minimum absolute atomic E-state index is 0.142. The summed E-state index contributed by atoms with van der Waals surface area (Å²) in [4.78, 5) is 10.8. The van der Waals surface area contributed by atoms with E-state index >= 15 is 0 Å². The third kappa shape index (κ3) is 4.24. The molecule has 0 spiro atoms. The highest BCUT2D eigenvalue weighted by Gasteiger charge is 2.23. The van der Waals surface area contributed by atoms with Crippen LogP contribution in [0.2, 0.25) is 0 Å². The normalized spacial score (nSPS) is 13.6.